The van der Waals surface area contributed by atoms with Gasteiger partial charge in [-0.15, -0.1) is 0 Å². The fraction of sp³-hybridized carbons (Fsp3) is 0.600. The molecule has 1 unspecified atom stereocenters. The first kappa shape index (κ1) is 13.4. The largest absolute Gasteiger partial charge is 0.492 e. The van der Waals surface area contributed by atoms with E-state index in [1.54, 1.807) is 0 Å². The predicted octanol–water partition coefficient (Wildman–Crippen LogP) is 2.30. The number of ether oxygens (including phenoxy) is 1. The van der Waals surface area contributed by atoms with Gasteiger partial charge in [0.05, 0.1) is 6.61 Å². The van der Waals surface area contributed by atoms with Crippen LogP contribution in [0.4, 0.5) is 0 Å². The standard InChI is InChI=1S/C15H23NO2/c17-13-14-7-3-2-6-10-16(14)11-12-18-15-8-4-1-5-9-15/h1,4-5,8-9,14,17H,2-3,6-7,10-13H2. The molecule has 1 aromatic carbocycles. The summed E-state index contributed by atoms with van der Waals surface area (Å²) in [6.07, 6.45) is 4.87. The Hall–Kier alpha value is -1.06. The monoisotopic (exact) mass is 249 g/mol. The lowest BCUT2D eigenvalue weighted by atomic mass is 10.1. The van der Waals surface area contributed by atoms with E-state index in [0.717, 1.165) is 25.3 Å². The average Bonchev–Trinajstić information content (AvgIpc) is 2.65. The van der Waals surface area contributed by atoms with Crippen molar-refractivity contribution in [3.63, 3.8) is 0 Å². The van der Waals surface area contributed by atoms with Crippen molar-refractivity contribution in [2.24, 2.45) is 0 Å². The Morgan fingerprint density at radius 1 is 1.17 bits per heavy atom. The molecule has 0 saturated carbocycles. The molecule has 0 aliphatic carbocycles. The SMILES string of the molecule is OCC1CCCCCN1CCOc1ccccc1. The lowest BCUT2D eigenvalue weighted by Gasteiger charge is -2.28. The van der Waals surface area contributed by atoms with Gasteiger partial charge < -0.3 is 9.84 Å². The Bertz CT molecular complexity index is 329. The highest BCUT2D eigenvalue weighted by Crippen LogP contribution is 2.16. The Morgan fingerprint density at radius 2 is 2.00 bits per heavy atom. The molecule has 2 rings (SSSR count). The van der Waals surface area contributed by atoms with E-state index in [2.05, 4.69) is 4.90 Å². The molecule has 1 saturated heterocycles. The van der Waals surface area contributed by atoms with Gasteiger partial charge in [0.2, 0.25) is 0 Å². The summed E-state index contributed by atoms with van der Waals surface area (Å²) in [6.45, 7) is 2.95. The van der Waals surface area contributed by atoms with Crippen LogP contribution in [0.2, 0.25) is 0 Å². The van der Waals surface area contributed by atoms with Crippen LogP contribution < -0.4 is 4.74 Å². The number of rotatable bonds is 5. The second-order valence-corrected chi connectivity index (χ2v) is 4.88. The van der Waals surface area contributed by atoms with Gasteiger partial charge in [0.25, 0.3) is 0 Å². The summed E-state index contributed by atoms with van der Waals surface area (Å²) in [5.74, 6) is 0.924. The molecule has 0 aromatic heterocycles. The number of hydrogen-bond acceptors (Lipinski definition) is 3. The molecule has 3 nitrogen and oxygen atoms in total. The number of aliphatic hydroxyl groups excluding tert-OH is 1. The zero-order valence-electron chi connectivity index (χ0n) is 10.9. The van der Waals surface area contributed by atoms with Crippen LogP contribution in [0.1, 0.15) is 25.7 Å². The van der Waals surface area contributed by atoms with Crippen molar-refractivity contribution in [2.75, 3.05) is 26.3 Å². The van der Waals surface area contributed by atoms with E-state index in [0.29, 0.717) is 12.6 Å². The summed E-state index contributed by atoms with van der Waals surface area (Å²) in [6, 6.07) is 10.2. The van der Waals surface area contributed by atoms with Gasteiger partial charge in [0, 0.05) is 12.6 Å². The van der Waals surface area contributed by atoms with Crippen LogP contribution in [0.3, 0.4) is 0 Å². The summed E-state index contributed by atoms with van der Waals surface area (Å²) < 4.78 is 5.72. The van der Waals surface area contributed by atoms with Crippen LogP contribution in [0.25, 0.3) is 0 Å². The highest BCUT2D eigenvalue weighted by Gasteiger charge is 2.19. The van der Waals surface area contributed by atoms with E-state index in [9.17, 15) is 5.11 Å². The fourth-order valence-corrected chi connectivity index (χ4v) is 2.54. The van der Waals surface area contributed by atoms with Crippen LogP contribution in [0.5, 0.6) is 5.75 Å². The number of hydrogen-bond donors (Lipinski definition) is 1. The molecule has 1 N–H and O–H groups in total. The van der Waals surface area contributed by atoms with Gasteiger partial charge >= 0.3 is 0 Å². The molecule has 0 amide bonds. The maximum absolute atomic E-state index is 9.42. The van der Waals surface area contributed by atoms with Crippen LogP contribution in [0, 0.1) is 0 Å². The Morgan fingerprint density at radius 3 is 2.78 bits per heavy atom. The summed E-state index contributed by atoms with van der Waals surface area (Å²) in [7, 11) is 0. The molecular weight excluding hydrogens is 226 g/mol. The smallest absolute Gasteiger partial charge is 0.119 e. The van der Waals surface area contributed by atoms with E-state index in [4.69, 9.17) is 4.74 Å². The molecule has 0 spiro atoms. The van der Waals surface area contributed by atoms with E-state index in [1.807, 2.05) is 30.3 Å². The number of nitrogens with zero attached hydrogens (tertiary/aromatic N) is 1. The van der Waals surface area contributed by atoms with Crippen molar-refractivity contribution in [2.45, 2.75) is 31.7 Å². The first-order chi connectivity index (χ1) is 8.90. The second kappa shape index (κ2) is 7.39. The highest BCUT2D eigenvalue weighted by molar-refractivity contribution is 5.20. The van der Waals surface area contributed by atoms with E-state index >= 15 is 0 Å². The van der Waals surface area contributed by atoms with E-state index in [1.165, 1.54) is 19.3 Å². The van der Waals surface area contributed by atoms with Crippen LogP contribution in [-0.2, 0) is 0 Å². The Labute approximate surface area is 109 Å². The molecule has 0 bridgehead atoms. The minimum absolute atomic E-state index is 0.269. The molecule has 1 aliphatic rings. The number of aliphatic hydroxyl groups is 1. The third-order valence-corrected chi connectivity index (χ3v) is 3.60. The third-order valence-electron chi connectivity index (χ3n) is 3.60. The van der Waals surface area contributed by atoms with Crippen LogP contribution >= 0.6 is 0 Å². The van der Waals surface area contributed by atoms with Crippen LogP contribution in [0.15, 0.2) is 30.3 Å². The van der Waals surface area contributed by atoms with E-state index in [-0.39, 0.29) is 6.61 Å². The highest BCUT2D eigenvalue weighted by atomic mass is 16.5. The Kier molecular flexibility index (Phi) is 5.49. The van der Waals surface area contributed by atoms with E-state index < -0.39 is 0 Å². The summed E-state index contributed by atoms with van der Waals surface area (Å²) in [4.78, 5) is 2.37. The zero-order chi connectivity index (χ0) is 12.6. The first-order valence-electron chi connectivity index (χ1n) is 6.93. The minimum atomic E-state index is 0.269. The fourth-order valence-electron chi connectivity index (χ4n) is 2.54. The van der Waals surface area contributed by atoms with Crippen LogP contribution in [-0.4, -0.2) is 42.4 Å². The van der Waals surface area contributed by atoms with Crippen molar-refractivity contribution in [1.82, 2.24) is 4.90 Å². The minimum Gasteiger partial charge on any atom is -0.492 e. The summed E-state index contributed by atoms with van der Waals surface area (Å²) in [5, 5.41) is 9.42. The maximum Gasteiger partial charge on any atom is 0.119 e. The van der Waals surface area contributed by atoms with Crippen molar-refractivity contribution in [3.05, 3.63) is 30.3 Å². The molecule has 18 heavy (non-hydrogen) atoms. The number of likely N-dealkylation sites (tertiary alicyclic amines) is 1. The second-order valence-electron chi connectivity index (χ2n) is 4.88. The molecule has 1 atom stereocenters. The van der Waals surface area contributed by atoms with Crippen molar-refractivity contribution in [1.29, 1.82) is 0 Å². The van der Waals surface area contributed by atoms with Gasteiger partial charge in [0.15, 0.2) is 0 Å². The number of benzene rings is 1. The topological polar surface area (TPSA) is 32.7 Å². The molecular formula is C15H23NO2. The molecule has 0 radical (unpaired) electrons. The quantitative estimate of drug-likeness (QED) is 0.869. The molecule has 1 aliphatic heterocycles. The van der Waals surface area contributed by atoms with Crippen molar-refractivity contribution >= 4 is 0 Å². The van der Waals surface area contributed by atoms with Crippen molar-refractivity contribution in [3.8, 4) is 5.75 Å². The normalized spacial score (nSPS) is 21.5. The Balaban J connectivity index is 1.77. The number of para-hydroxylation sites is 1. The van der Waals surface area contributed by atoms with Gasteiger partial charge in [-0.1, -0.05) is 31.0 Å². The zero-order valence-corrected chi connectivity index (χ0v) is 10.9. The lowest BCUT2D eigenvalue weighted by Crippen LogP contribution is -2.40. The average molecular weight is 249 g/mol. The summed E-state index contributed by atoms with van der Waals surface area (Å²) in [5.41, 5.74) is 0. The maximum atomic E-state index is 9.42. The third kappa shape index (κ3) is 4.00. The molecule has 1 fully saturated rings. The van der Waals surface area contributed by atoms with Gasteiger partial charge in [-0.25, -0.2) is 0 Å². The first-order valence-corrected chi connectivity index (χ1v) is 6.93. The molecule has 1 aromatic rings. The van der Waals surface area contributed by atoms with Gasteiger partial charge in [-0.05, 0) is 31.5 Å². The molecule has 3 heteroatoms. The molecule has 1 heterocycles. The van der Waals surface area contributed by atoms with Crippen molar-refractivity contribution < 1.29 is 9.84 Å². The van der Waals surface area contributed by atoms with Gasteiger partial charge in [0.1, 0.15) is 12.4 Å². The predicted molar refractivity (Wildman–Crippen MR) is 72.9 cm³/mol. The van der Waals surface area contributed by atoms with Gasteiger partial charge in [-0.3, -0.25) is 4.90 Å². The molecule has 100 valence electrons. The lowest BCUT2D eigenvalue weighted by molar-refractivity contribution is 0.108. The van der Waals surface area contributed by atoms with Gasteiger partial charge in [-0.2, -0.15) is 0 Å². The summed E-state index contributed by atoms with van der Waals surface area (Å²) >= 11 is 0.